The van der Waals surface area contributed by atoms with Crippen molar-refractivity contribution >= 4 is 28.3 Å². The van der Waals surface area contributed by atoms with Gasteiger partial charge in [-0.05, 0) is 32.0 Å². The van der Waals surface area contributed by atoms with Gasteiger partial charge in [0.2, 0.25) is 10.0 Å². The normalized spacial score (nSPS) is 11.4. The topological polar surface area (TPSA) is 101 Å². The van der Waals surface area contributed by atoms with E-state index in [1.54, 1.807) is 19.9 Å². The van der Waals surface area contributed by atoms with E-state index in [1.165, 1.54) is 24.3 Å². The van der Waals surface area contributed by atoms with Crippen molar-refractivity contribution < 1.29 is 13.2 Å². The van der Waals surface area contributed by atoms with Gasteiger partial charge in [-0.25, -0.2) is 13.1 Å². The highest BCUT2D eigenvalue weighted by molar-refractivity contribution is 7.89. The standard InChI is InChI=1S/C14H21N3O3S.ClH/c1-4-8-16-21(19,20)12-7-5-6-11(9-12)13(18)17-14(2,3)10-15;/h4-7,9,16H,1,8,10,15H2,2-3H3,(H,17,18);1H. The van der Waals surface area contributed by atoms with Crippen molar-refractivity contribution in [2.24, 2.45) is 5.73 Å². The molecule has 0 fully saturated rings. The van der Waals surface area contributed by atoms with Crippen molar-refractivity contribution in [3.05, 3.63) is 42.5 Å². The van der Waals surface area contributed by atoms with Crippen molar-refractivity contribution in [2.45, 2.75) is 24.3 Å². The van der Waals surface area contributed by atoms with Crippen LogP contribution >= 0.6 is 12.4 Å². The molecule has 1 rings (SSSR count). The Morgan fingerprint density at radius 3 is 2.59 bits per heavy atom. The van der Waals surface area contributed by atoms with Crippen LogP contribution < -0.4 is 15.8 Å². The van der Waals surface area contributed by atoms with E-state index in [0.29, 0.717) is 0 Å². The molecule has 124 valence electrons. The van der Waals surface area contributed by atoms with Gasteiger partial charge in [-0.15, -0.1) is 19.0 Å². The first-order valence-corrected chi connectivity index (χ1v) is 7.93. The molecule has 4 N–H and O–H groups in total. The fourth-order valence-electron chi connectivity index (χ4n) is 1.49. The minimum atomic E-state index is -3.65. The van der Waals surface area contributed by atoms with Crippen LogP contribution in [0.5, 0.6) is 0 Å². The number of benzene rings is 1. The molecule has 0 atom stereocenters. The van der Waals surface area contributed by atoms with E-state index in [9.17, 15) is 13.2 Å². The highest BCUT2D eigenvalue weighted by Gasteiger charge is 2.21. The average molecular weight is 348 g/mol. The van der Waals surface area contributed by atoms with Crippen molar-refractivity contribution in [2.75, 3.05) is 13.1 Å². The number of hydrogen-bond acceptors (Lipinski definition) is 4. The maximum Gasteiger partial charge on any atom is 0.251 e. The maximum atomic E-state index is 12.1. The third kappa shape index (κ3) is 5.76. The van der Waals surface area contributed by atoms with Crippen LogP contribution in [0, 0.1) is 0 Å². The third-order valence-electron chi connectivity index (χ3n) is 2.79. The number of nitrogens with one attached hydrogen (secondary N) is 2. The number of carbonyl (C=O) groups excluding carboxylic acids is 1. The predicted molar refractivity (Wildman–Crippen MR) is 89.7 cm³/mol. The Labute approximate surface area is 137 Å². The van der Waals surface area contributed by atoms with Crippen LogP contribution in [0.4, 0.5) is 0 Å². The van der Waals surface area contributed by atoms with E-state index >= 15 is 0 Å². The highest BCUT2D eigenvalue weighted by Crippen LogP contribution is 2.12. The molecule has 1 amide bonds. The fourth-order valence-corrected chi connectivity index (χ4v) is 2.53. The molecule has 0 aromatic heterocycles. The van der Waals surface area contributed by atoms with Crippen LogP contribution in [0.3, 0.4) is 0 Å². The van der Waals surface area contributed by atoms with Gasteiger partial charge in [-0.2, -0.15) is 0 Å². The molecule has 0 aliphatic carbocycles. The Balaban J connectivity index is 0.00000441. The van der Waals surface area contributed by atoms with Gasteiger partial charge < -0.3 is 11.1 Å². The van der Waals surface area contributed by atoms with Crippen LogP contribution in [0.1, 0.15) is 24.2 Å². The first-order valence-electron chi connectivity index (χ1n) is 6.45. The van der Waals surface area contributed by atoms with E-state index in [1.807, 2.05) is 0 Å². The minimum Gasteiger partial charge on any atom is -0.346 e. The molecule has 8 heteroatoms. The SMILES string of the molecule is C=CCNS(=O)(=O)c1cccc(C(=O)NC(C)(C)CN)c1.Cl. The summed E-state index contributed by atoms with van der Waals surface area (Å²) in [6, 6.07) is 5.82. The first kappa shape index (κ1) is 20.6. The molecule has 0 saturated carbocycles. The molecular formula is C14H22ClN3O3S. The molecular weight excluding hydrogens is 326 g/mol. The molecule has 22 heavy (non-hydrogen) atoms. The zero-order chi connectivity index (χ0) is 16.1. The zero-order valence-electron chi connectivity index (χ0n) is 12.6. The summed E-state index contributed by atoms with van der Waals surface area (Å²) in [5.74, 6) is -0.369. The van der Waals surface area contributed by atoms with Crippen molar-refractivity contribution in [1.29, 1.82) is 0 Å². The quantitative estimate of drug-likeness (QED) is 0.641. The minimum absolute atomic E-state index is 0. The summed E-state index contributed by atoms with van der Waals surface area (Å²) in [4.78, 5) is 12.1. The molecule has 0 heterocycles. The van der Waals surface area contributed by atoms with E-state index in [0.717, 1.165) is 0 Å². The number of nitrogens with two attached hydrogens (primary N) is 1. The Morgan fingerprint density at radius 1 is 1.41 bits per heavy atom. The highest BCUT2D eigenvalue weighted by atomic mass is 35.5. The Kier molecular flexibility index (Phi) is 7.75. The average Bonchev–Trinajstić information content (AvgIpc) is 2.45. The summed E-state index contributed by atoms with van der Waals surface area (Å²) in [5, 5.41) is 2.75. The summed E-state index contributed by atoms with van der Waals surface area (Å²) in [5.41, 5.74) is 5.26. The van der Waals surface area contributed by atoms with E-state index in [2.05, 4.69) is 16.6 Å². The first-order chi connectivity index (χ1) is 9.72. The van der Waals surface area contributed by atoms with Crippen LogP contribution in [0.25, 0.3) is 0 Å². The van der Waals surface area contributed by atoms with Gasteiger partial charge in [0, 0.05) is 24.2 Å². The molecule has 0 aliphatic heterocycles. The lowest BCUT2D eigenvalue weighted by Crippen LogP contribution is -2.48. The second kappa shape index (κ2) is 8.28. The summed E-state index contributed by atoms with van der Waals surface area (Å²) < 4.78 is 26.3. The lowest BCUT2D eigenvalue weighted by atomic mass is 10.1. The number of rotatable bonds is 7. The summed E-state index contributed by atoms with van der Waals surface area (Å²) in [6.45, 7) is 7.43. The summed E-state index contributed by atoms with van der Waals surface area (Å²) in [7, 11) is -3.65. The van der Waals surface area contributed by atoms with Crippen molar-refractivity contribution in [1.82, 2.24) is 10.0 Å². The zero-order valence-corrected chi connectivity index (χ0v) is 14.3. The molecule has 0 radical (unpaired) electrons. The van der Waals surface area contributed by atoms with Gasteiger partial charge in [0.1, 0.15) is 0 Å². The molecule has 1 aromatic rings. The van der Waals surface area contributed by atoms with Crippen LogP contribution in [0.2, 0.25) is 0 Å². The van der Waals surface area contributed by atoms with Gasteiger partial charge in [0.25, 0.3) is 5.91 Å². The van der Waals surface area contributed by atoms with Gasteiger partial charge in [-0.1, -0.05) is 12.1 Å². The van der Waals surface area contributed by atoms with Crippen molar-refractivity contribution in [3.63, 3.8) is 0 Å². The Bertz CT molecular complexity index is 630. The molecule has 1 aromatic carbocycles. The lowest BCUT2D eigenvalue weighted by molar-refractivity contribution is 0.0915. The number of sulfonamides is 1. The smallest absolute Gasteiger partial charge is 0.251 e. The number of hydrogen-bond donors (Lipinski definition) is 3. The Hall–Kier alpha value is -1.41. The molecule has 6 nitrogen and oxygen atoms in total. The molecule has 0 bridgehead atoms. The second-order valence-electron chi connectivity index (χ2n) is 5.21. The second-order valence-corrected chi connectivity index (χ2v) is 6.98. The van der Waals surface area contributed by atoms with Crippen LogP contribution in [-0.2, 0) is 10.0 Å². The molecule has 0 aliphatic rings. The number of halogens is 1. The fraction of sp³-hybridized carbons (Fsp3) is 0.357. The summed E-state index contributed by atoms with van der Waals surface area (Å²) >= 11 is 0. The monoisotopic (exact) mass is 347 g/mol. The number of carbonyl (C=O) groups is 1. The van der Waals surface area contributed by atoms with Gasteiger partial charge in [-0.3, -0.25) is 4.79 Å². The maximum absolute atomic E-state index is 12.1. The number of amides is 1. The van der Waals surface area contributed by atoms with E-state index in [-0.39, 0.29) is 41.9 Å². The third-order valence-corrected chi connectivity index (χ3v) is 4.21. The molecule has 0 unspecified atom stereocenters. The largest absolute Gasteiger partial charge is 0.346 e. The lowest BCUT2D eigenvalue weighted by Gasteiger charge is -2.24. The van der Waals surface area contributed by atoms with Crippen LogP contribution in [0.15, 0.2) is 41.8 Å². The Morgan fingerprint density at radius 2 is 2.05 bits per heavy atom. The van der Waals surface area contributed by atoms with Gasteiger partial charge >= 0.3 is 0 Å². The van der Waals surface area contributed by atoms with Crippen LogP contribution in [-0.4, -0.2) is 33.0 Å². The van der Waals surface area contributed by atoms with Gasteiger partial charge in [0.05, 0.1) is 4.90 Å². The van der Waals surface area contributed by atoms with Crippen molar-refractivity contribution in [3.8, 4) is 0 Å². The summed E-state index contributed by atoms with van der Waals surface area (Å²) in [6.07, 6.45) is 1.44. The molecule has 0 spiro atoms. The molecule has 0 saturated heterocycles. The van der Waals surface area contributed by atoms with E-state index in [4.69, 9.17) is 5.73 Å². The van der Waals surface area contributed by atoms with E-state index < -0.39 is 15.6 Å². The predicted octanol–water partition coefficient (Wildman–Crippen LogP) is 1.04. The van der Waals surface area contributed by atoms with Gasteiger partial charge in [0.15, 0.2) is 0 Å².